The molecule has 4 aromatic rings. The Balaban J connectivity index is 1.91. The van der Waals surface area contributed by atoms with Crippen molar-refractivity contribution < 1.29 is 46.9 Å². The number of fused-ring (bicyclic) bond motifs is 2. The molecule has 0 saturated heterocycles. The van der Waals surface area contributed by atoms with Crippen molar-refractivity contribution >= 4 is 45.4 Å². The summed E-state index contributed by atoms with van der Waals surface area (Å²) in [4.78, 5) is 49.1. The fraction of sp³-hybridized carbons (Fsp3) is 0.111. The molecule has 46 heavy (non-hydrogen) atoms. The van der Waals surface area contributed by atoms with Crippen molar-refractivity contribution in [3.8, 4) is 34.1 Å². The van der Waals surface area contributed by atoms with E-state index in [2.05, 4.69) is 26.3 Å². The third kappa shape index (κ3) is 6.91. The number of rotatable bonds is 9. The largest absolute Gasteiger partial charge is 0.423 e. The first-order chi connectivity index (χ1) is 21.6. The molecule has 10 heteroatoms. The average Bonchev–Trinajstić information content (AvgIpc) is 2.99. The lowest BCUT2D eigenvalue weighted by molar-refractivity contribution is -0.132. The zero-order valence-electron chi connectivity index (χ0n) is 25.5. The van der Waals surface area contributed by atoms with E-state index in [0.29, 0.717) is 21.5 Å². The summed E-state index contributed by atoms with van der Waals surface area (Å²) >= 11 is 0. The number of halogens is 2. The van der Waals surface area contributed by atoms with Crippen LogP contribution in [0.4, 0.5) is 8.78 Å². The standard InChI is InChI=1S/C36H28F2O8/c1-17(2)33(39)43-25-13-24-11-21-9-10-22(12-23(21)14-26(24)28(15-25)44-34(40)18(3)4)27-16-29(45-35(41)19(5)6)32(31(38)30(27)37)46-36(42)20(7)8/h9-16H,1,3,5,7H2,2,4,6,8H3. The van der Waals surface area contributed by atoms with E-state index < -0.39 is 47.0 Å². The molecule has 0 amide bonds. The summed E-state index contributed by atoms with van der Waals surface area (Å²) in [5.74, 6) is -7.69. The van der Waals surface area contributed by atoms with E-state index >= 15 is 8.78 Å². The monoisotopic (exact) mass is 626 g/mol. The number of hydrogen-bond donors (Lipinski definition) is 0. The number of carbonyl (C=O) groups excluding carboxylic acids is 4. The third-order valence-electron chi connectivity index (χ3n) is 6.49. The fourth-order valence-corrected chi connectivity index (χ4v) is 4.08. The van der Waals surface area contributed by atoms with E-state index in [0.717, 1.165) is 6.07 Å². The first-order valence-electron chi connectivity index (χ1n) is 13.6. The number of esters is 4. The van der Waals surface area contributed by atoms with E-state index in [4.69, 9.17) is 18.9 Å². The van der Waals surface area contributed by atoms with Crippen LogP contribution in [0.2, 0.25) is 0 Å². The van der Waals surface area contributed by atoms with Crippen LogP contribution >= 0.6 is 0 Å². The topological polar surface area (TPSA) is 105 Å². The van der Waals surface area contributed by atoms with Crippen LogP contribution in [0, 0.1) is 11.6 Å². The average molecular weight is 627 g/mol. The van der Waals surface area contributed by atoms with E-state index in [-0.39, 0.29) is 44.9 Å². The summed E-state index contributed by atoms with van der Waals surface area (Å²) < 4.78 is 52.1. The Hall–Kier alpha value is -5.90. The molecule has 234 valence electrons. The molecule has 0 atom stereocenters. The molecule has 0 heterocycles. The summed E-state index contributed by atoms with van der Waals surface area (Å²) in [6.45, 7) is 19.7. The highest BCUT2D eigenvalue weighted by molar-refractivity contribution is 6.04. The number of benzene rings is 4. The van der Waals surface area contributed by atoms with Gasteiger partial charge in [0.05, 0.1) is 0 Å². The van der Waals surface area contributed by atoms with E-state index in [1.54, 1.807) is 24.3 Å². The van der Waals surface area contributed by atoms with Crippen LogP contribution < -0.4 is 18.9 Å². The SMILES string of the molecule is C=C(C)C(=O)Oc1cc(OC(=O)C(=C)C)c2cc3cc(-c4cc(OC(=O)C(=C)C)c(OC(=O)C(=C)C)c(F)c4F)ccc3cc2c1. The molecular formula is C36H28F2O8. The lowest BCUT2D eigenvalue weighted by atomic mass is 9.97. The van der Waals surface area contributed by atoms with Gasteiger partial charge in [0.15, 0.2) is 11.6 Å². The van der Waals surface area contributed by atoms with Gasteiger partial charge in [-0.2, -0.15) is 4.39 Å². The second kappa shape index (κ2) is 13.0. The van der Waals surface area contributed by atoms with Gasteiger partial charge in [-0.05, 0) is 79.7 Å². The van der Waals surface area contributed by atoms with Gasteiger partial charge >= 0.3 is 23.9 Å². The number of carbonyl (C=O) groups is 4. The van der Waals surface area contributed by atoms with Gasteiger partial charge in [0.1, 0.15) is 11.5 Å². The first kappa shape index (κ1) is 33.0. The molecule has 0 N–H and O–H groups in total. The zero-order valence-corrected chi connectivity index (χ0v) is 25.5. The van der Waals surface area contributed by atoms with Crippen molar-refractivity contribution in [3.63, 3.8) is 0 Å². The van der Waals surface area contributed by atoms with Gasteiger partial charge in [-0.1, -0.05) is 38.4 Å². The number of hydrogen-bond acceptors (Lipinski definition) is 8. The van der Waals surface area contributed by atoms with Gasteiger partial charge in [-0.3, -0.25) is 0 Å². The zero-order chi connectivity index (χ0) is 34.0. The van der Waals surface area contributed by atoms with Crippen LogP contribution in [0.1, 0.15) is 27.7 Å². The molecular weight excluding hydrogens is 598 g/mol. The van der Waals surface area contributed by atoms with Crippen molar-refractivity contribution in [3.05, 3.63) is 109 Å². The van der Waals surface area contributed by atoms with Gasteiger partial charge < -0.3 is 18.9 Å². The van der Waals surface area contributed by atoms with E-state index in [1.165, 1.54) is 45.9 Å². The van der Waals surface area contributed by atoms with Crippen molar-refractivity contribution in [1.29, 1.82) is 0 Å². The third-order valence-corrected chi connectivity index (χ3v) is 6.49. The highest BCUT2D eigenvalue weighted by Crippen LogP contribution is 2.41. The number of ether oxygens (including phenoxy) is 4. The van der Waals surface area contributed by atoms with E-state index in [9.17, 15) is 19.2 Å². The summed E-state index contributed by atoms with van der Waals surface area (Å²) in [6.07, 6.45) is 0. The molecule has 0 saturated carbocycles. The summed E-state index contributed by atoms with van der Waals surface area (Å²) in [6, 6.07) is 12.0. The maximum Gasteiger partial charge on any atom is 0.338 e. The Kier molecular flexibility index (Phi) is 9.32. The van der Waals surface area contributed by atoms with Gasteiger partial charge in [-0.25, -0.2) is 23.6 Å². The molecule has 0 spiro atoms. The summed E-state index contributed by atoms with van der Waals surface area (Å²) in [7, 11) is 0. The molecule has 0 aliphatic heterocycles. The smallest absolute Gasteiger partial charge is 0.338 e. The van der Waals surface area contributed by atoms with Crippen LogP contribution in [-0.4, -0.2) is 23.9 Å². The van der Waals surface area contributed by atoms with E-state index in [1.807, 2.05) is 0 Å². The predicted molar refractivity (Wildman–Crippen MR) is 169 cm³/mol. The fourth-order valence-electron chi connectivity index (χ4n) is 4.08. The van der Waals surface area contributed by atoms with Crippen molar-refractivity contribution in [1.82, 2.24) is 0 Å². The summed E-state index contributed by atoms with van der Waals surface area (Å²) in [5, 5.41) is 2.12. The Bertz CT molecular complexity index is 2050. The Morgan fingerprint density at radius 3 is 1.67 bits per heavy atom. The molecule has 0 aromatic heterocycles. The molecule has 0 aliphatic rings. The minimum absolute atomic E-state index is 0.0400. The van der Waals surface area contributed by atoms with Crippen molar-refractivity contribution in [2.75, 3.05) is 0 Å². The molecule has 4 rings (SSSR count). The van der Waals surface area contributed by atoms with Gasteiger partial charge in [-0.15, -0.1) is 0 Å². The maximum absolute atomic E-state index is 15.6. The second-order valence-corrected chi connectivity index (χ2v) is 10.6. The van der Waals surface area contributed by atoms with Crippen molar-refractivity contribution in [2.24, 2.45) is 0 Å². The maximum atomic E-state index is 15.6. The highest BCUT2D eigenvalue weighted by Gasteiger charge is 2.26. The van der Waals surface area contributed by atoms with Crippen LogP contribution in [-0.2, 0) is 19.2 Å². The van der Waals surface area contributed by atoms with Crippen LogP contribution in [0.25, 0.3) is 32.7 Å². The van der Waals surface area contributed by atoms with Crippen LogP contribution in [0.5, 0.6) is 23.0 Å². The lowest BCUT2D eigenvalue weighted by Crippen LogP contribution is -2.14. The molecule has 0 radical (unpaired) electrons. The normalized spacial score (nSPS) is 10.7. The molecule has 8 nitrogen and oxygen atoms in total. The Morgan fingerprint density at radius 2 is 1.09 bits per heavy atom. The molecule has 0 unspecified atom stereocenters. The van der Waals surface area contributed by atoms with Crippen LogP contribution in [0.15, 0.2) is 97.1 Å². The molecule has 0 fully saturated rings. The Morgan fingerprint density at radius 1 is 0.543 bits per heavy atom. The minimum atomic E-state index is -1.57. The van der Waals surface area contributed by atoms with Crippen molar-refractivity contribution in [2.45, 2.75) is 27.7 Å². The Labute approximate surface area is 262 Å². The second-order valence-electron chi connectivity index (χ2n) is 10.6. The predicted octanol–water partition coefficient (Wildman–Crippen LogP) is 7.86. The van der Waals surface area contributed by atoms with Gasteiger partial charge in [0.25, 0.3) is 0 Å². The minimum Gasteiger partial charge on any atom is -0.423 e. The molecule has 4 aromatic carbocycles. The lowest BCUT2D eigenvalue weighted by Gasteiger charge is -2.15. The highest BCUT2D eigenvalue weighted by atomic mass is 19.2. The molecule has 0 aliphatic carbocycles. The van der Waals surface area contributed by atoms with Crippen LogP contribution in [0.3, 0.4) is 0 Å². The first-order valence-corrected chi connectivity index (χ1v) is 13.6. The quantitative estimate of drug-likeness (QED) is 0.0800. The van der Waals surface area contributed by atoms with Gasteiger partial charge in [0, 0.05) is 39.3 Å². The summed E-state index contributed by atoms with van der Waals surface area (Å²) in [5.41, 5.74) is 0.00340. The van der Waals surface area contributed by atoms with Gasteiger partial charge in [0.2, 0.25) is 11.6 Å². The molecule has 0 bridgehead atoms.